The molecule has 0 aromatic rings. The minimum Gasteiger partial charge on any atom is -0.393 e. The quantitative estimate of drug-likeness (QED) is 0.598. The summed E-state index contributed by atoms with van der Waals surface area (Å²) in [7, 11) is 0. The summed E-state index contributed by atoms with van der Waals surface area (Å²) < 4.78 is 0. The molecule has 1 fully saturated rings. The third kappa shape index (κ3) is 3.27. The number of nitrogens with one attached hydrogen (secondary N) is 1. The van der Waals surface area contributed by atoms with Gasteiger partial charge in [-0.2, -0.15) is 0 Å². The maximum absolute atomic E-state index is 11.6. The number of aliphatic hydroxyl groups is 1. The fraction of sp³-hybridized carbons (Fsp3) is 0.900. The van der Waals surface area contributed by atoms with Gasteiger partial charge >= 0.3 is 0 Å². The van der Waals surface area contributed by atoms with Crippen molar-refractivity contribution in [3.63, 3.8) is 0 Å². The van der Waals surface area contributed by atoms with E-state index in [4.69, 9.17) is 10.8 Å². The highest BCUT2D eigenvalue weighted by Crippen LogP contribution is 2.23. The van der Waals surface area contributed by atoms with Crippen molar-refractivity contribution in [1.82, 2.24) is 5.32 Å². The lowest BCUT2D eigenvalue weighted by atomic mass is 10.0. The number of hydrogen-bond acceptors (Lipinski definition) is 3. The Morgan fingerprint density at radius 2 is 2.36 bits per heavy atom. The van der Waals surface area contributed by atoms with Gasteiger partial charge in [-0.05, 0) is 26.2 Å². The van der Waals surface area contributed by atoms with Gasteiger partial charge in [0, 0.05) is 12.6 Å². The molecule has 1 rings (SSSR count). The van der Waals surface area contributed by atoms with Crippen molar-refractivity contribution < 1.29 is 9.90 Å². The Morgan fingerprint density at radius 3 is 2.86 bits per heavy atom. The average Bonchev–Trinajstić information content (AvgIpc) is 2.50. The first-order chi connectivity index (χ1) is 6.61. The van der Waals surface area contributed by atoms with Crippen molar-refractivity contribution >= 4 is 5.91 Å². The topological polar surface area (TPSA) is 75.3 Å². The molecule has 1 aliphatic carbocycles. The maximum Gasteiger partial charge on any atom is 0.224 e. The molecule has 0 aromatic carbocycles. The van der Waals surface area contributed by atoms with Crippen molar-refractivity contribution in [2.45, 2.75) is 44.8 Å². The van der Waals surface area contributed by atoms with Crippen LogP contribution in [0.15, 0.2) is 0 Å². The zero-order chi connectivity index (χ0) is 10.6. The normalized spacial score (nSPS) is 28.8. The second-order valence-corrected chi connectivity index (χ2v) is 4.13. The highest BCUT2D eigenvalue weighted by Gasteiger charge is 2.29. The van der Waals surface area contributed by atoms with Gasteiger partial charge < -0.3 is 16.2 Å². The summed E-state index contributed by atoms with van der Waals surface area (Å²) in [5.41, 5.74) is 5.80. The number of carbonyl (C=O) groups excluding carboxylic acids is 1. The zero-order valence-electron chi connectivity index (χ0n) is 8.70. The van der Waals surface area contributed by atoms with Crippen molar-refractivity contribution in [3.8, 4) is 0 Å². The molecule has 4 heteroatoms. The van der Waals surface area contributed by atoms with Crippen LogP contribution in [-0.4, -0.2) is 29.7 Å². The molecule has 1 saturated carbocycles. The third-order valence-corrected chi connectivity index (χ3v) is 2.77. The average molecular weight is 200 g/mol. The summed E-state index contributed by atoms with van der Waals surface area (Å²) in [6.07, 6.45) is 3.16. The molecule has 4 N–H and O–H groups in total. The van der Waals surface area contributed by atoms with E-state index in [0.29, 0.717) is 13.0 Å². The lowest BCUT2D eigenvalue weighted by Crippen LogP contribution is -2.39. The Hall–Kier alpha value is -0.610. The van der Waals surface area contributed by atoms with E-state index in [0.717, 1.165) is 19.3 Å². The van der Waals surface area contributed by atoms with Crippen molar-refractivity contribution in [2.24, 2.45) is 11.7 Å². The second kappa shape index (κ2) is 5.32. The van der Waals surface area contributed by atoms with Gasteiger partial charge in [0.25, 0.3) is 0 Å². The summed E-state index contributed by atoms with van der Waals surface area (Å²) in [5, 5.41) is 11.8. The van der Waals surface area contributed by atoms with E-state index < -0.39 is 0 Å². The summed E-state index contributed by atoms with van der Waals surface area (Å²) in [4.78, 5) is 11.6. The van der Waals surface area contributed by atoms with E-state index in [1.807, 2.05) is 0 Å². The SMILES string of the molecule is CC(O)CCNC(=O)C1CCCC1N. The Bertz CT molecular complexity index is 195. The van der Waals surface area contributed by atoms with Crippen molar-refractivity contribution in [3.05, 3.63) is 0 Å². The van der Waals surface area contributed by atoms with Gasteiger partial charge in [-0.25, -0.2) is 0 Å². The van der Waals surface area contributed by atoms with Gasteiger partial charge in [0.1, 0.15) is 0 Å². The van der Waals surface area contributed by atoms with Crippen molar-refractivity contribution in [2.75, 3.05) is 6.54 Å². The first kappa shape index (κ1) is 11.5. The fourth-order valence-electron chi connectivity index (χ4n) is 1.85. The molecule has 0 aromatic heterocycles. The minimum atomic E-state index is -0.354. The molecular weight excluding hydrogens is 180 g/mol. The summed E-state index contributed by atoms with van der Waals surface area (Å²) in [5.74, 6) is 0.0413. The molecule has 0 aliphatic heterocycles. The maximum atomic E-state index is 11.6. The second-order valence-electron chi connectivity index (χ2n) is 4.13. The number of rotatable bonds is 4. The Labute approximate surface area is 84.9 Å². The van der Waals surface area contributed by atoms with Crippen LogP contribution in [0.25, 0.3) is 0 Å². The van der Waals surface area contributed by atoms with E-state index in [2.05, 4.69) is 5.32 Å². The number of aliphatic hydroxyl groups excluding tert-OH is 1. The number of nitrogens with two attached hydrogens (primary N) is 1. The van der Waals surface area contributed by atoms with Crippen LogP contribution in [-0.2, 0) is 4.79 Å². The molecule has 4 nitrogen and oxygen atoms in total. The molecule has 0 radical (unpaired) electrons. The van der Waals surface area contributed by atoms with Gasteiger partial charge in [-0.1, -0.05) is 6.42 Å². The molecule has 0 saturated heterocycles. The minimum absolute atomic E-state index is 0.0102. The van der Waals surface area contributed by atoms with E-state index in [9.17, 15) is 4.79 Å². The molecule has 0 spiro atoms. The first-order valence-electron chi connectivity index (χ1n) is 5.32. The van der Waals surface area contributed by atoms with Gasteiger partial charge in [0.2, 0.25) is 5.91 Å². The lowest BCUT2D eigenvalue weighted by Gasteiger charge is -2.15. The smallest absolute Gasteiger partial charge is 0.224 e. The van der Waals surface area contributed by atoms with Crippen LogP contribution in [0.4, 0.5) is 0 Å². The van der Waals surface area contributed by atoms with E-state index in [-0.39, 0.29) is 24.0 Å². The summed E-state index contributed by atoms with van der Waals surface area (Å²) in [6.45, 7) is 2.26. The number of carbonyl (C=O) groups is 1. The van der Waals surface area contributed by atoms with Gasteiger partial charge in [0.15, 0.2) is 0 Å². The number of hydrogen-bond donors (Lipinski definition) is 3. The summed E-state index contributed by atoms with van der Waals surface area (Å²) >= 11 is 0. The molecule has 1 amide bonds. The first-order valence-corrected chi connectivity index (χ1v) is 5.32. The van der Waals surface area contributed by atoms with Crippen LogP contribution in [0.5, 0.6) is 0 Å². The number of amides is 1. The molecule has 0 heterocycles. The molecule has 82 valence electrons. The zero-order valence-corrected chi connectivity index (χ0v) is 8.70. The van der Waals surface area contributed by atoms with Crippen LogP contribution in [0, 0.1) is 5.92 Å². The molecule has 14 heavy (non-hydrogen) atoms. The Morgan fingerprint density at radius 1 is 1.64 bits per heavy atom. The molecule has 3 atom stereocenters. The van der Waals surface area contributed by atoms with Crippen LogP contribution in [0.2, 0.25) is 0 Å². The summed E-state index contributed by atoms with van der Waals surface area (Å²) in [6, 6.07) is 0.0292. The van der Waals surface area contributed by atoms with Crippen LogP contribution < -0.4 is 11.1 Å². The predicted molar refractivity (Wildman–Crippen MR) is 54.6 cm³/mol. The van der Waals surface area contributed by atoms with E-state index in [1.54, 1.807) is 6.92 Å². The highest BCUT2D eigenvalue weighted by atomic mass is 16.3. The Kier molecular flexibility index (Phi) is 4.35. The van der Waals surface area contributed by atoms with E-state index in [1.165, 1.54) is 0 Å². The molecule has 1 aliphatic rings. The third-order valence-electron chi connectivity index (χ3n) is 2.77. The van der Waals surface area contributed by atoms with Crippen LogP contribution in [0.1, 0.15) is 32.6 Å². The largest absolute Gasteiger partial charge is 0.393 e. The molecular formula is C10H20N2O2. The monoisotopic (exact) mass is 200 g/mol. The molecule has 0 bridgehead atoms. The van der Waals surface area contributed by atoms with Gasteiger partial charge in [-0.3, -0.25) is 4.79 Å². The fourth-order valence-corrected chi connectivity index (χ4v) is 1.85. The van der Waals surface area contributed by atoms with Gasteiger partial charge in [-0.15, -0.1) is 0 Å². The standard InChI is InChI=1S/C10H20N2O2/c1-7(13)5-6-12-10(14)8-3-2-4-9(8)11/h7-9,13H,2-6,11H2,1H3,(H,12,14). The van der Waals surface area contributed by atoms with Crippen LogP contribution in [0.3, 0.4) is 0 Å². The van der Waals surface area contributed by atoms with Crippen molar-refractivity contribution in [1.29, 1.82) is 0 Å². The van der Waals surface area contributed by atoms with E-state index >= 15 is 0 Å². The van der Waals surface area contributed by atoms with Crippen LogP contribution >= 0.6 is 0 Å². The molecule has 3 unspecified atom stereocenters. The lowest BCUT2D eigenvalue weighted by molar-refractivity contribution is -0.125. The highest BCUT2D eigenvalue weighted by molar-refractivity contribution is 5.79. The Balaban J connectivity index is 2.21. The predicted octanol–water partition coefficient (Wildman–Crippen LogP) is 0.000900. The van der Waals surface area contributed by atoms with Gasteiger partial charge in [0.05, 0.1) is 12.0 Å².